The summed E-state index contributed by atoms with van der Waals surface area (Å²) in [6.07, 6.45) is 3.87. The molecule has 0 radical (unpaired) electrons. The maximum Gasteiger partial charge on any atom is 0.188 e. The van der Waals surface area contributed by atoms with E-state index >= 15 is 0 Å². The first kappa shape index (κ1) is 15.3. The van der Waals surface area contributed by atoms with Crippen LogP contribution < -0.4 is 11.1 Å². The van der Waals surface area contributed by atoms with Gasteiger partial charge in [0.1, 0.15) is 0 Å². The van der Waals surface area contributed by atoms with E-state index in [0.29, 0.717) is 12.5 Å². The maximum atomic E-state index is 10.7. The van der Waals surface area contributed by atoms with Crippen molar-refractivity contribution in [3.05, 3.63) is 22.4 Å². The molecule has 4 N–H and O–H groups in total. The molecule has 112 valence electrons. The van der Waals surface area contributed by atoms with Crippen molar-refractivity contribution in [2.24, 2.45) is 16.1 Å². The second-order valence-corrected chi connectivity index (χ2v) is 7.26. The van der Waals surface area contributed by atoms with Gasteiger partial charge in [0.15, 0.2) is 5.96 Å². The Hall–Kier alpha value is -1.07. The Labute approximate surface area is 125 Å². The fourth-order valence-electron chi connectivity index (χ4n) is 2.73. The van der Waals surface area contributed by atoms with Crippen molar-refractivity contribution in [1.29, 1.82) is 0 Å². The number of rotatable bonds is 5. The largest absolute Gasteiger partial charge is 0.387 e. The predicted molar refractivity (Wildman–Crippen MR) is 85.1 cm³/mol. The average Bonchev–Trinajstić information content (AvgIpc) is 2.97. The molecule has 20 heavy (non-hydrogen) atoms. The molecule has 4 nitrogen and oxygen atoms in total. The van der Waals surface area contributed by atoms with Crippen molar-refractivity contribution in [1.82, 2.24) is 5.32 Å². The molecule has 0 saturated heterocycles. The Balaban J connectivity index is 1.79. The molecule has 1 heterocycles. The van der Waals surface area contributed by atoms with Crippen LogP contribution in [-0.2, 0) is 6.42 Å². The molecule has 1 aromatic heterocycles. The van der Waals surface area contributed by atoms with E-state index in [4.69, 9.17) is 5.73 Å². The predicted octanol–water partition coefficient (Wildman–Crippen LogP) is 2.14. The summed E-state index contributed by atoms with van der Waals surface area (Å²) in [6, 6.07) is 4.17. The van der Waals surface area contributed by atoms with Gasteiger partial charge in [-0.2, -0.15) is 0 Å². The molecule has 0 amide bonds. The molecule has 1 aromatic rings. The first-order valence-corrected chi connectivity index (χ1v) is 8.09. The third-order valence-electron chi connectivity index (χ3n) is 4.42. The first-order chi connectivity index (χ1) is 9.43. The highest BCUT2D eigenvalue weighted by Crippen LogP contribution is 2.45. The monoisotopic (exact) mass is 295 g/mol. The molecule has 1 unspecified atom stereocenters. The number of thiophene rings is 1. The Morgan fingerprint density at radius 2 is 2.30 bits per heavy atom. The minimum absolute atomic E-state index is 0.0756. The number of hydrogen-bond donors (Lipinski definition) is 3. The van der Waals surface area contributed by atoms with Crippen LogP contribution in [0.3, 0.4) is 0 Å². The van der Waals surface area contributed by atoms with E-state index in [9.17, 15) is 5.11 Å². The summed E-state index contributed by atoms with van der Waals surface area (Å²) in [6.45, 7) is 5.38. The molecule has 5 heteroatoms. The summed E-state index contributed by atoms with van der Waals surface area (Å²) in [7, 11) is 0. The number of hydrogen-bond acceptors (Lipinski definition) is 3. The van der Waals surface area contributed by atoms with E-state index < -0.39 is 5.60 Å². The zero-order valence-electron chi connectivity index (χ0n) is 12.4. The molecule has 1 aliphatic rings. The Kier molecular flexibility index (Phi) is 4.70. The van der Waals surface area contributed by atoms with E-state index in [1.54, 1.807) is 11.3 Å². The van der Waals surface area contributed by atoms with Gasteiger partial charge in [-0.15, -0.1) is 11.3 Å². The lowest BCUT2D eigenvalue weighted by Crippen LogP contribution is -2.44. The molecule has 0 aliphatic heterocycles. The van der Waals surface area contributed by atoms with Crippen LogP contribution in [-0.4, -0.2) is 29.8 Å². The number of nitrogens with one attached hydrogen (secondary N) is 1. The number of guanidine groups is 1. The fraction of sp³-hybridized carbons (Fsp3) is 0.667. The van der Waals surface area contributed by atoms with Crippen molar-refractivity contribution in [2.75, 3.05) is 13.1 Å². The van der Waals surface area contributed by atoms with Gasteiger partial charge in [-0.25, -0.2) is 0 Å². The third kappa shape index (κ3) is 3.52. The van der Waals surface area contributed by atoms with Crippen LogP contribution >= 0.6 is 11.3 Å². The molecule has 2 rings (SSSR count). The van der Waals surface area contributed by atoms with Crippen LogP contribution in [0.2, 0.25) is 0 Å². The lowest BCUT2D eigenvalue weighted by Gasteiger charge is -2.35. The van der Waals surface area contributed by atoms with Gasteiger partial charge in [-0.05, 0) is 42.5 Å². The van der Waals surface area contributed by atoms with E-state index in [0.717, 1.165) is 32.2 Å². The summed E-state index contributed by atoms with van der Waals surface area (Å²) >= 11 is 1.75. The Morgan fingerprint density at radius 3 is 2.90 bits per heavy atom. The van der Waals surface area contributed by atoms with Gasteiger partial charge in [0.2, 0.25) is 0 Å². The Bertz CT molecular complexity index is 456. The summed E-state index contributed by atoms with van der Waals surface area (Å²) in [4.78, 5) is 5.66. The van der Waals surface area contributed by atoms with Gasteiger partial charge in [-0.1, -0.05) is 19.9 Å². The van der Waals surface area contributed by atoms with Crippen molar-refractivity contribution in [3.8, 4) is 0 Å². The van der Waals surface area contributed by atoms with Crippen molar-refractivity contribution in [2.45, 2.75) is 45.1 Å². The average molecular weight is 295 g/mol. The molecular formula is C15H25N3OS. The summed E-state index contributed by atoms with van der Waals surface area (Å²) in [5.41, 5.74) is 5.08. The van der Waals surface area contributed by atoms with Crippen molar-refractivity contribution in [3.63, 3.8) is 0 Å². The third-order valence-corrected chi connectivity index (χ3v) is 5.36. The fourth-order valence-corrected chi connectivity index (χ4v) is 3.44. The second kappa shape index (κ2) is 6.14. The quantitative estimate of drug-likeness (QED) is 0.576. The number of aliphatic imine (C=N–C) groups is 1. The normalized spacial score (nSPS) is 25.9. The summed E-state index contributed by atoms with van der Waals surface area (Å²) in [5, 5.41) is 15.8. The van der Waals surface area contributed by atoms with Crippen LogP contribution in [0.5, 0.6) is 0 Å². The van der Waals surface area contributed by atoms with E-state index in [1.165, 1.54) is 4.88 Å². The SMILES string of the molecule is CC1(C)CCCC1(O)CN=C(N)NCCc1cccs1. The highest BCUT2D eigenvalue weighted by molar-refractivity contribution is 7.09. The van der Waals surface area contributed by atoms with E-state index in [-0.39, 0.29) is 5.41 Å². The van der Waals surface area contributed by atoms with Crippen LogP contribution in [0.15, 0.2) is 22.5 Å². The number of nitrogens with zero attached hydrogens (tertiary/aromatic N) is 1. The van der Waals surface area contributed by atoms with Gasteiger partial charge in [-0.3, -0.25) is 4.99 Å². The molecule has 1 atom stereocenters. The summed E-state index contributed by atoms with van der Waals surface area (Å²) < 4.78 is 0. The zero-order valence-corrected chi connectivity index (χ0v) is 13.2. The van der Waals surface area contributed by atoms with Crippen LogP contribution in [0.1, 0.15) is 38.0 Å². The van der Waals surface area contributed by atoms with Gasteiger partial charge in [0.05, 0.1) is 12.1 Å². The van der Waals surface area contributed by atoms with E-state index in [1.807, 2.05) is 0 Å². The molecular weight excluding hydrogens is 270 g/mol. The molecule has 0 bridgehead atoms. The van der Waals surface area contributed by atoms with Gasteiger partial charge < -0.3 is 16.2 Å². The van der Waals surface area contributed by atoms with Gasteiger partial charge in [0, 0.05) is 11.4 Å². The van der Waals surface area contributed by atoms with Crippen LogP contribution in [0.4, 0.5) is 0 Å². The molecule has 1 fully saturated rings. The lowest BCUT2D eigenvalue weighted by molar-refractivity contribution is -0.0335. The highest BCUT2D eigenvalue weighted by atomic mass is 32.1. The summed E-state index contributed by atoms with van der Waals surface area (Å²) in [5.74, 6) is 0.428. The molecule has 0 aromatic carbocycles. The number of nitrogens with two attached hydrogens (primary N) is 1. The number of aliphatic hydroxyl groups is 1. The minimum Gasteiger partial charge on any atom is -0.387 e. The van der Waals surface area contributed by atoms with Crippen molar-refractivity contribution < 1.29 is 5.11 Å². The molecule has 1 aliphatic carbocycles. The standard InChI is InChI=1S/C15H25N3OS/c1-14(2)7-4-8-15(14,19)11-18-13(16)17-9-6-12-5-3-10-20-12/h3,5,10,19H,4,6-9,11H2,1-2H3,(H3,16,17,18). The van der Waals surface area contributed by atoms with E-state index in [2.05, 4.69) is 41.7 Å². The molecule has 0 spiro atoms. The second-order valence-electron chi connectivity index (χ2n) is 6.23. The minimum atomic E-state index is -0.715. The zero-order chi connectivity index (χ0) is 14.6. The topological polar surface area (TPSA) is 70.6 Å². The van der Waals surface area contributed by atoms with Gasteiger partial charge >= 0.3 is 0 Å². The van der Waals surface area contributed by atoms with Gasteiger partial charge in [0.25, 0.3) is 0 Å². The maximum absolute atomic E-state index is 10.7. The first-order valence-electron chi connectivity index (χ1n) is 7.22. The Morgan fingerprint density at radius 1 is 1.50 bits per heavy atom. The van der Waals surface area contributed by atoms with Crippen molar-refractivity contribution >= 4 is 17.3 Å². The smallest absolute Gasteiger partial charge is 0.188 e. The van der Waals surface area contributed by atoms with Crippen LogP contribution in [0, 0.1) is 5.41 Å². The molecule has 1 saturated carbocycles. The van der Waals surface area contributed by atoms with Crippen LogP contribution in [0.25, 0.3) is 0 Å². The lowest BCUT2D eigenvalue weighted by atomic mass is 9.78. The highest BCUT2D eigenvalue weighted by Gasteiger charge is 2.47.